The van der Waals surface area contributed by atoms with Crippen molar-refractivity contribution in [1.29, 1.82) is 0 Å². The fraction of sp³-hybridized carbons (Fsp3) is 0.720. The molecule has 0 saturated carbocycles. The molecule has 0 saturated heterocycles. The molecule has 1 atom stereocenters. The molecule has 6 nitrogen and oxygen atoms in total. The van der Waals surface area contributed by atoms with Crippen LogP contribution in [0.5, 0.6) is 0 Å². The van der Waals surface area contributed by atoms with Gasteiger partial charge in [-0.1, -0.05) is 291 Å². The number of carbonyl (C=O) groups excluding carboxylic acids is 3. The summed E-state index contributed by atoms with van der Waals surface area (Å²) >= 11 is 0. The van der Waals surface area contributed by atoms with Gasteiger partial charge in [-0.2, -0.15) is 0 Å². The van der Waals surface area contributed by atoms with E-state index in [9.17, 15) is 14.4 Å². The second kappa shape index (κ2) is 68.6. The molecule has 0 amide bonds. The SMILES string of the molecule is CC/C=C\C/C=C\C/C=C\C/C=C\CCCCC(=O)OCC(COC(=O)CCCCCCCCCCCC/C=C\C/C=C\C/C=C\CCCCCCC)OC(=O)CCCCCCCCCCCCC/C=C\C/C=C\CCCCCCC. The van der Waals surface area contributed by atoms with Gasteiger partial charge in [0.15, 0.2) is 6.10 Å². The summed E-state index contributed by atoms with van der Waals surface area (Å²) in [5.74, 6) is -0.933. The Bertz CT molecular complexity index is 1620. The molecule has 81 heavy (non-hydrogen) atoms. The predicted molar refractivity (Wildman–Crippen MR) is 353 cm³/mol. The van der Waals surface area contributed by atoms with Gasteiger partial charge < -0.3 is 14.2 Å². The largest absolute Gasteiger partial charge is 0.462 e. The normalized spacial score (nSPS) is 12.8. The molecule has 0 aromatic heterocycles. The average molecular weight is 1130 g/mol. The van der Waals surface area contributed by atoms with Crippen LogP contribution in [-0.2, 0) is 28.6 Å². The molecular formula is C75H128O6. The maximum absolute atomic E-state index is 13.0. The van der Waals surface area contributed by atoms with E-state index in [4.69, 9.17) is 14.2 Å². The van der Waals surface area contributed by atoms with E-state index < -0.39 is 6.10 Å². The van der Waals surface area contributed by atoms with Gasteiger partial charge >= 0.3 is 17.9 Å². The Kier molecular flexibility index (Phi) is 65.2. The number of unbranched alkanes of at least 4 members (excludes halogenated alkanes) is 33. The Balaban J connectivity index is 4.38. The highest BCUT2D eigenvalue weighted by Crippen LogP contribution is 2.16. The van der Waals surface area contributed by atoms with E-state index in [0.29, 0.717) is 19.3 Å². The van der Waals surface area contributed by atoms with Crippen molar-refractivity contribution in [3.8, 4) is 0 Å². The fourth-order valence-corrected chi connectivity index (χ4v) is 9.59. The minimum Gasteiger partial charge on any atom is -0.462 e. The quantitative estimate of drug-likeness (QED) is 0.0261. The first-order valence-electron chi connectivity index (χ1n) is 34.4. The van der Waals surface area contributed by atoms with Crippen LogP contribution in [-0.4, -0.2) is 37.2 Å². The number of hydrogen-bond acceptors (Lipinski definition) is 6. The lowest BCUT2D eigenvalue weighted by atomic mass is 10.0. The van der Waals surface area contributed by atoms with Gasteiger partial charge in [-0.15, -0.1) is 0 Å². The number of rotatable bonds is 62. The molecule has 6 heteroatoms. The van der Waals surface area contributed by atoms with Crippen molar-refractivity contribution in [3.63, 3.8) is 0 Å². The van der Waals surface area contributed by atoms with Crippen molar-refractivity contribution in [2.45, 2.75) is 335 Å². The second-order valence-corrected chi connectivity index (χ2v) is 22.7. The van der Waals surface area contributed by atoms with Crippen LogP contribution in [0.15, 0.2) is 109 Å². The molecule has 0 aromatic carbocycles. The van der Waals surface area contributed by atoms with Gasteiger partial charge in [0.1, 0.15) is 13.2 Å². The monoisotopic (exact) mass is 1120 g/mol. The van der Waals surface area contributed by atoms with Crippen molar-refractivity contribution in [2.75, 3.05) is 13.2 Å². The average Bonchev–Trinajstić information content (AvgIpc) is 3.47. The number of ether oxygens (including phenoxy) is 3. The van der Waals surface area contributed by atoms with E-state index in [-0.39, 0.29) is 31.1 Å². The van der Waals surface area contributed by atoms with E-state index in [1.54, 1.807) is 0 Å². The van der Waals surface area contributed by atoms with Gasteiger partial charge in [0, 0.05) is 19.3 Å². The molecule has 0 N–H and O–H groups in total. The third-order valence-corrected chi connectivity index (χ3v) is 14.7. The van der Waals surface area contributed by atoms with Crippen LogP contribution in [0.4, 0.5) is 0 Å². The van der Waals surface area contributed by atoms with Gasteiger partial charge in [-0.3, -0.25) is 14.4 Å². The fourth-order valence-electron chi connectivity index (χ4n) is 9.59. The lowest BCUT2D eigenvalue weighted by Gasteiger charge is -2.18. The van der Waals surface area contributed by atoms with Crippen molar-refractivity contribution in [2.24, 2.45) is 0 Å². The highest BCUT2D eigenvalue weighted by Gasteiger charge is 2.19. The number of esters is 3. The minimum absolute atomic E-state index is 0.0942. The standard InChI is InChI=1S/C75H128O6/c1-4-7-10-13-16-19-22-25-28-30-32-34-36-37-39-40-42-44-47-50-53-56-59-62-65-68-74(77)80-71-72(70-79-73(76)67-64-61-58-55-52-49-46-27-24-21-18-15-12-9-6-3)81-75(78)69-66-63-60-57-54-51-48-45-43-41-38-35-33-31-29-26-23-20-17-14-11-8-5-2/h9,12,18,21-23,25-27,30-33,36-37,46,52,55,72H,4-8,10-11,13-17,19-20,24,28-29,34-35,38-45,47-51,53-54,56-71H2,1-3H3/b12-9-,21-18-,25-22-,26-23-,32-30-,33-31-,37-36-,46-27-,55-52-. The molecule has 0 aliphatic heterocycles. The molecule has 0 spiro atoms. The summed E-state index contributed by atoms with van der Waals surface area (Å²) in [7, 11) is 0. The molecular weight excluding hydrogens is 997 g/mol. The van der Waals surface area contributed by atoms with Gasteiger partial charge in [-0.05, 0) is 128 Å². The third kappa shape index (κ3) is 66.8. The van der Waals surface area contributed by atoms with E-state index in [1.807, 2.05) is 0 Å². The molecule has 0 heterocycles. The first-order valence-corrected chi connectivity index (χ1v) is 34.4. The summed E-state index contributed by atoms with van der Waals surface area (Å²) in [6.07, 6.45) is 93.9. The van der Waals surface area contributed by atoms with Crippen LogP contribution >= 0.6 is 0 Å². The molecule has 0 bridgehead atoms. The van der Waals surface area contributed by atoms with Gasteiger partial charge in [0.25, 0.3) is 0 Å². The first-order chi connectivity index (χ1) is 40.0. The molecule has 1 unspecified atom stereocenters. The lowest BCUT2D eigenvalue weighted by Crippen LogP contribution is -2.30. The van der Waals surface area contributed by atoms with E-state index in [1.165, 1.54) is 186 Å². The zero-order valence-electron chi connectivity index (χ0n) is 53.3. The minimum atomic E-state index is -0.802. The number of carbonyl (C=O) groups is 3. The van der Waals surface area contributed by atoms with Crippen LogP contribution in [0.2, 0.25) is 0 Å². The van der Waals surface area contributed by atoms with Crippen molar-refractivity contribution >= 4 is 17.9 Å². The molecule has 0 aliphatic carbocycles. The van der Waals surface area contributed by atoms with Gasteiger partial charge in [-0.25, -0.2) is 0 Å². The summed E-state index contributed by atoms with van der Waals surface area (Å²) in [6.45, 7) is 6.49. The molecule has 0 rings (SSSR count). The summed E-state index contributed by atoms with van der Waals surface area (Å²) in [5, 5.41) is 0. The predicted octanol–water partition coefficient (Wildman–Crippen LogP) is 23.8. The van der Waals surface area contributed by atoms with Crippen LogP contribution < -0.4 is 0 Å². The van der Waals surface area contributed by atoms with Crippen LogP contribution in [0.1, 0.15) is 329 Å². The molecule has 0 aromatic rings. The van der Waals surface area contributed by atoms with Crippen LogP contribution in [0.3, 0.4) is 0 Å². The van der Waals surface area contributed by atoms with E-state index in [2.05, 4.69) is 130 Å². The summed E-state index contributed by atoms with van der Waals surface area (Å²) < 4.78 is 16.9. The first kappa shape index (κ1) is 77.1. The highest BCUT2D eigenvalue weighted by molar-refractivity contribution is 5.71. The Hall–Kier alpha value is -3.93. The lowest BCUT2D eigenvalue weighted by molar-refractivity contribution is -0.167. The zero-order valence-corrected chi connectivity index (χ0v) is 53.3. The highest BCUT2D eigenvalue weighted by atomic mass is 16.6. The smallest absolute Gasteiger partial charge is 0.306 e. The molecule has 0 fully saturated rings. The van der Waals surface area contributed by atoms with E-state index >= 15 is 0 Å². The van der Waals surface area contributed by atoms with Gasteiger partial charge in [0.05, 0.1) is 0 Å². The van der Waals surface area contributed by atoms with Crippen LogP contribution in [0.25, 0.3) is 0 Å². The molecule has 464 valence electrons. The molecule has 0 aliphatic rings. The van der Waals surface area contributed by atoms with Crippen molar-refractivity contribution in [3.05, 3.63) is 109 Å². The maximum Gasteiger partial charge on any atom is 0.306 e. The van der Waals surface area contributed by atoms with Crippen molar-refractivity contribution < 1.29 is 28.6 Å². The van der Waals surface area contributed by atoms with Gasteiger partial charge in [0.2, 0.25) is 0 Å². The Morgan fingerprint density at radius 3 is 0.778 bits per heavy atom. The summed E-state index contributed by atoms with van der Waals surface area (Å²) in [6, 6.07) is 0. The van der Waals surface area contributed by atoms with Crippen LogP contribution in [0, 0.1) is 0 Å². The Morgan fingerprint density at radius 2 is 0.481 bits per heavy atom. The maximum atomic E-state index is 13.0. The Morgan fingerprint density at radius 1 is 0.259 bits per heavy atom. The second-order valence-electron chi connectivity index (χ2n) is 22.7. The summed E-state index contributed by atoms with van der Waals surface area (Å²) in [4.78, 5) is 38.4. The van der Waals surface area contributed by atoms with Crippen molar-refractivity contribution in [1.82, 2.24) is 0 Å². The topological polar surface area (TPSA) is 78.9 Å². The number of hydrogen-bond donors (Lipinski definition) is 0. The Labute approximate surface area is 501 Å². The zero-order chi connectivity index (χ0) is 58.5. The van der Waals surface area contributed by atoms with E-state index in [0.717, 1.165) is 103 Å². The number of allylic oxidation sites excluding steroid dienone is 18. The molecule has 0 radical (unpaired) electrons. The third-order valence-electron chi connectivity index (χ3n) is 14.7. The summed E-state index contributed by atoms with van der Waals surface area (Å²) in [5.41, 5.74) is 0.